The summed E-state index contributed by atoms with van der Waals surface area (Å²) < 4.78 is 0. The van der Waals surface area contributed by atoms with Crippen molar-refractivity contribution in [2.45, 2.75) is 43.1 Å². The molecule has 52 valence electrons. The topological polar surface area (TPSA) is 0 Å². The Bertz CT molecular complexity index is 99.1. The molecule has 2 heterocycles. The second-order valence-corrected chi connectivity index (χ2v) is 5.14. The molecule has 1 heteroatoms. The third-order valence-electron chi connectivity index (χ3n) is 2.53. The molecule has 2 aliphatic heterocycles. The molecule has 2 rings (SSSR count). The van der Waals surface area contributed by atoms with Gasteiger partial charge in [0.2, 0.25) is 0 Å². The van der Waals surface area contributed by atoms with Gasteiger partial charge in [-0.15, -0.1) is 0 Å². The molecule has 2 saturated heterocycles. The molecule has 0 aromatic carbocycles. The smallest absolute Gasteiger partial charge is 0.00527 e. The highest BCUT2D eigenvalue weighted by Gasteiger charge is 2.32. The van der Waals surface area contributed by atoms with Crippen LogP contribution in [-0.4, -0.2) is 10.5 Å². The van der Waals surface area contributed by atoms with E-state index in [1.165, 1.54) is 25.7 Å². The molecule has 0 aromatic rings. The molecule has 2 unspecified atom stereocenters. The van der Waals surface area contributed by atoms with Gasteiger partial charge in [0.05, 0.1) is 0 Å². The predicted molar refractivity (Wildman–Crippen MR) is 42.8 cm³/mol. The fourth-order valence-electron chi connectivity index (χ4n) is 2.12. The van der Waals surface area contributed by atoms with E-state index in [4.69, 9.17) is 0 Å². The van der Waals surface area contributed by atoms with Gasteiger partial charge in [0, 0.05) is 10.5 Å². The maximum absolute atomic E-state index is 2.41. The van der Waals surface area contributed by atoms with E-state index in [2.05, 4.69) is 18.7 Å². The number of hydrogen-bond donors (Lipinski definition) is 0. The highest BCUT2D eigenvalue weighted by Crippen LogP contribution is 2.45. The molecular formula is C8H14S. The molecule has 0 N–H and O–H groups in total. The van der Waals surface area contributed by atoms with E-state index in [9.17, 15) is 0 Å². The van der Waals surface area contributed by atoms with Crippen molar-refractivity contribution in [3.8, 4) is 0 Å². The summed E-state index contributed by atoms with van der Waals surface area (Å²) in [6, 6.07) is 0. The van der Waals surface area contributed by atoms with Crippen molar-refractivity contribution in [3.63, 3.8) is 0 Å². The minimum Gasteiger partial charge on any atom is -0.155 e. The summed E-state index contributed by atoms with van der Waals surface area (Å²) in [5.74, 6) is 1.03. The Morgan fingerprint density at radius 1 is 1.11 bits per heavy atom. The molecule has 0 saturated carbocycles. The fraction of sp³-hybridized carbons (Fsp3) is 1.00. The Morgan fingerprint density at radius 2 is 1.67 bits per heavy atom. The minimum atomic E-state index is 1.03. The molecule has 0 radical (unpaired) electrons. The summed E-state index contributed by atoms with van der Waals surface area (Å²) in [5.41, 5.74) is 0. The van der Waals surface area contributed by atoms with Crippen LogP contribution in [0.5, 0.6) is 0 Å². The second kappa shape index (κ2) is 2.19. The van der Waals surface area contributed by atoms with Crippen molar-refractivity contribution in [2.75, 3.05) is 0 Å². The lowest BCUT2D eigenvalue weighted by Crippen LogP contribution is -2.13. The molecule has 2 atom stereocenters. The normalized spacial score (nSPS) is 49.7. The predicted octanol–water partition coefficient (Wildman–Crippen LogP) is 2.68. The first kappa shape index (κ1) is 6.09. The first-order valence-corrected chi connectivity index (χ1v) is 4.94. The zero-order chi connectivity index (χ0) is 6.27. The Labute approximate surface area is 61.4 Å². The average Bonchev–Trinajstić information content (AvgIpc) is 2.11. The van der Waals surface area contributed by atoms with E-state index in [1.54, 1.807) is 0 Å². The van der Waals surface area contributed by atoms with E-state index in [0.717, 1.165) is 16.4 Å². The Hall–Kier alpha value is 0.350. The fourth-order valence-corrected chi connectivity index (χ4v) is 4.09. The quantitative estimate of drug-likeness (QED) is 0.501. The minimum absolute atomic E-state index is 1.03. The molecule has 2 fully saturated rings. The Balaban J connectivity index is 2.03. The van der Waals surface area contributed by atoms with Crippen LogP contribution in [0.3, 0.4) is 0 Å². The van der Waals surface area contributed by atoms with Crippen LogP contribution in [0.25, 0.3) is 0 Å². The van der Waals surface area contributed by atoms with Crippen LogP contribution in [0.2, 0.25) is 0 Å². The summed E-state index contributed by atoms with van der Waals surface area (Å²) in [4.78, 5) is 0. The van der Waals surface area contributed by atoms with E-state index in [-0.39, 0.29) is 0 Å². The average molecular weight is 142 g/mol. The molecule has 9 heavy (non-hydrogen) atoms. The maximum atomic E-state index is 2.41. The van der Waals surface area contributed by atoms with Crippen molar-refractivity contribution >= 4 is 11.8 Å². The Kier molecular flexibility index (Phi) is 1.48. The summed E-state index contributed by atoms with van der Waals surface area (Å²) in [6.45, 7) is 2.41. The number of hydrogen-bond acceptors (Lipinski definition) is 1. The monoisotopic (exact) mass is 142 g/mol. The van der Waals surface area contributed by atoms with Crippen LogP contribution in [0.15, 0.2) is 0 Å². The van der Waals surface area contributed by atoms with Gasteiger partial charge in [0.15, 0.2) is 0 Å². The molecule has 0 aromatic heterocycles. The van der Waals surface area contributed by atoms with Gasteiger partial charge in [-0.05, 0) is 31.6 Å². The third kappa shape index (κ3) is 1.12. The van der Waals surface area contributed by atoms with Crippen LogP contribution in [0.1, 0.15) is 32.6 Å². The molecule has 0 aliphatic carbocycles. The lowest BCUT2D eigenvalue weighted by atomic mass is 10.0. The van der Waals surface area contributed by atoms with Gasteiger partial charge in [0.1, 0.15) is 0 Å². The lowest BCUT2D eigenvalue weighted by molar-refractivity contribution is 0.497. The summed E-state index contributed by atoms with van der Waals surface area (Å²) in [7, 11) is 0. The largest absolute Gasteiger partial charge is 0.155 e. The SMILES string of the molecule is CC1CC2CCC(C1)S2. The van der Waals surface area contributed by atoms with Crippen LogP contribution in [0, 0.1) is 5.92 Å². The van der Waals surface area contributed by atoms with Gasteiger partial charge in [-0.2, -0.15) is 11.8 Å². The second-order valence-electron chi connectivity index (χ2n) is 3.53. The van der Waals surface area contributed by atoms with E-state index in [1.807, 2.05) is 0 Å². The highest BCUT2D eigenvalue weighted by atomic mass is 32.2. The summed E-state index contributed by atoms with van der Waals surface area (Å²) in [6.07, 6.45) is 6.03. The number of rotatable bonds is 0. The van der Waals surface area contributed by atoms with E-state index < -0.39 is 0 Å². The summed E-state index contributed by atoms with van der Waals surface area (Å²) >= 11 is 2.26. The summed E-state index contributed by atoms with van der Waals surface area (Å²) in [5, 5.41) is 2.11. The van der Waals surface area contributed by atoms with Gasteiger partial charge in [-0.25, -0.2) is 0 Å². The van der Waals surface area contributed by atoms with Crippen LogP contribution in [-0.2, 0) is 0 Å². The van der Waals surface area contributed by atoms with Crippen molar-refractivity contribution in [1.82, 2.24) is 0 Å². The number of thioether (sulfide) groups is 1. The first-order chi connectivity index (χ1) is 4.34. The molecule has 0 amide bonds. The van der Waals surface area contributed by atoms with Gasteiger partial charge >= 0.3 is 0 Å². The maximum Gasteiger partial charge on any atom is 0.00527 e. The number of fused-ring (bicyclic) bond motifs is 2. The molecule has 2 bridgehead atoms. The van der Waals surface area contributed by atoms with Crippen molar-refractivity contribution < 1.29 is 0 Å². The van der Waals surface area contributed by atoms with Crippen molar-refractivity contribution in [3.05, 3.63) is 0 Å². The molecule has 0 spiro atoms. The molecule has 2 aliphatic rings. The van der Waals surface area contributed by atoms with Gasteiger partial charge < -0.3 is 0 Å². The highest BCUT2D eigenvalue weighted by molar-refractivity contribution is 8.00. The Morgan fingerprint density at radius 3 is 2.22 bits per heavy atom. The standard InChI is InChI=1S/C8H14S/c1-6-4-7-2-3-8(5-6)9-7/h6-8H,2-5H2,1H3. The van der Waals surface area contributed by atoms with Crippen LogP contribution >= 0.6 is 11.8 Å². The molecular weight excluding hydrogens is 128 g/mol. The third-order valence-corrected chi connectivity index (χ3v) is 4.15. The first-order valence-electron chi connectivity index (χ1n) is 4.00. The van der Waals surface area contributed by atoms with Crippen molar-refractivity contribution in [1.29, 1.82) is 0 Å². The molecule has 0 nitrogen and oxygen atoms in total. The van der Waals surface area contributed by atoms with E-state index in [0.29, 0.717) is 0 Å². The zero-order valence-corrected chi connectivity index (χ0v) is 6.79. The zero-order valence-electron chi connectivity index (χ0n) is 5.97. The van der Waals surface area contributed by atoms with Crippen LogP contribution < -0.4 is 0 Å². The van der Waals surface area contributed by atoms with E-state index >= 15 is 0 Å². The van der Waals surface area contributed by atoms with Gasteiger partial charge in [-0.3, -0.25) is 0 Å². The van der Waals surface area contributed by atoms with Gasteiger partial charge in [-0.1, -0.05) is 6.92 Å². The van der Waals surface area contributed by atoms with Gasteiger partial charge in [0.25, 0.3) is 0 Å². The van der Waals surface area contributed by atoms with Crippen LogP contribution in [0.4, 0.5) is 0 Å². The lowest BCUT2D eigenvalue weighted by Gasteiger charge is -2.23. The van der Waals surface area contributed by atoms with Crippen molar-refractivity contribution in [2.24, 2.45) is 5.92 Å².